The standard InChI is InChI=1S/C26H30N8O2.ClH/c1-36-23-10-18(14-28-13-17-6-8-34(9-7-17)26(35)19-3-4-19)2-5-21(23)22-11-24(33-32-22)31-25-16-29-20(12-27)15-30-25;/h2,5,10-11,15-17,19,28H,3-4,6-9,13-14H2,1H3,(H2,30,31,32,33);1H. The van der Waals surface area contributed by atoms with E-state index in [4.69, 9.17) is 10.00 Å². The van der Waals surface area contributed by atoms with Crippen LogP contribution < -0.4 is 15.4 Å². The van der Waals surface area contributed by atoms with E-state index in [-0.39, 0.29) is 18.1 Å². The maximum atomic E-state index is 12.2. The van der Waals surface area contributed by atoms with Crippen LogP contribution in [0.4, 0.5) is 11.6 Å². The average molecular weight is 523 g/mol. The first-order valence-electron chi connectivity index (χ1n) is 12.3. The largest absolute Gasteiger partial charge is 0.496 e. The quantitative estimate of drug-likeness (QED) is 0.388. The van der Waals surface area contributed by atoms with Crippen molar-refractivity contribution in [2.75, 3.05) is 32.1 Å². The van der Waals surface area contributed by atoms with Crippen LogP contribution in [-0.4, -0.2) is 57.7 Å². The highest BCUT2D eigenvalue weighted by atomic mass is 35.5. The molecule has 1 saturated heterocycles. The molecule has 2 aromatic heterocycles. The molecule has 3 heterocycles. The molecule has 0 bridgehead atoms. The van der Waals surface area contributed by atoms with E-state index in [1.165, 1.54) is 12.4 Å². The predicted molar refractivity (Wildman–Crippen MR) is 142 cm³/mol. The summed E-state index contributed by atoms with van der Waals surface area (Å²) in [6.45, 7) is 3.49. The monoisotopic (exact) mass is 522 g/mol. The van der Waals surface area contributed by atoms with E-state index in [1.54, 1.807) is 7.11 Å². The highest BCUT2D eigenvalue weighted by Crippen LogP contribution is 2.33. The fraction of sp³-hybridized carbons (Fsp3) is 0.423. The molecule has 0 radical (unpaired) electrons. The first-order valence-corrected chi connectivity index (χ1v) is 12.3. The molecule has 11 heteroatoms. The van der Waals surface area contributed by atoms with Gasteiger partial charge < -0.3 is 20.3 Å². The SMILES string of the molecule is COc1cc(CNCC2CCN(C(=O)C3CC3)CC2)ccc1-c1cc(Nc2cnc(C#N)cn2)n[nH]1.Cl. The van der Waals surface area contributed by atoms with Gasteiger partial charge >= 0.3 is 0 Å². The lowest BCUT2D eigenvalue weighted by molar-refractivity contribution is -0.133. The number of hydrogen-bond acceptors (Lipinski definition) is 8. The number of piperidine rings is 1. The number of benzene rings is 1. The minimum atomic E-state index is 0. The van der Waals surface area contributed by atoms with Crippen molar-refractivity contribution in [1.29, 1.82) is 5.26 Å². The Bertz CT molecular complexity index is 1240. The van der Waals surface area contributed by atoms with Gasteiger partial charge in [0, 0.05) is 37.2 Å². The maximum absolute atomic E-state index is 12.2. The Morgan fingerprint density at radius 3 is 2.65 bits per heavy atom. The number of nitriles is 1. The summed E-state index contributed by atoms with van der Waals surface area (Å²) in [5.74, 6) is 3.14. The van der Waals surface area contributed by atoms with E-state index in [9.17, 15) is 4.79 Å². The Kier molecular flexibility index (Phi) is 8.58. The fourth-order valence-electron chi connectivity index (χ4n) is 4.54. The number of aromatic nitrogens is 4. The second-order valence-corrected chi connectivity index (χ2v) is 9.40. The van der Waals surface area contributed by atoms with Gasteiger partial charge in [-0.3, -0.25) is 9.89 Å². The molecular formula is C26H31ClN8O2. The maximum Gasteiger partial charge on any atom is 0.225 e. The van der Waals surface area contributed by atoms with Gasteiger partial charge in [0.05, 0.1) is 25.2 Å². The number of hydrogen-bond donors (Lipinski definition) is 3. The molecule has 0 unspecified atom stereocenters. The Morgan fingerprint density at radius 2 is 1.97 bits per heavy atom. The van der Waals surface area contributed by atoms with Crippen LogP contribution in [0.3, 0.4) is 0 Å². The summed E-state index contributed by atoms with van der Waals surface area (Å²) in [6, 6.07) is 9.97. The number of ether oxygens (including phenoxy) is 1. The number of aromatic amines is 1. The van der Waals surface area contributed by atoms with Gasteiger partial charge in [-0.05, 0) is 55.8 Å². The molecule has 0 atom stereocenters. The van der Waals surface area contributed by atoms with E-state index in [2.05, 4.69) is 41.8 Å². The number of halogens is 1. The number of rotatable bonds is 9. The van der Waals surface area contributed by atoms with Gasteiger partial charge in [-0.15, -0.1) is 12.4 Å². The molecule has 194 valence electrons. The number of nitrogens with zero attached hydrogens (tertiary/aromatic N) is 5. The summed E-state index contributed by atoms with van der Waals surface area (Å²) in [7, 11) is 1.66. The number of carbonyl (C=O) groups is 1. The van der Waals surface area contributed by atoms with Crippen molar-refractivity contribution < 1.29 is 9.53 Å². The van der Waals surface area contributed by atoms with Crippen LogP contribution in [0.25, 0.3) is 11.3 Å². The molecule has 5 rings (SSSR count). The number of amides is 1. The molecule has 37 heavy (non-hydrogen) atoms. The molecule has 1 aromatic carbocycles. The van der Waals surface area contributed by atoms with E-state index < -0.39 is 0 Å². The summed E-state index contributed by atoms with van der Waals surface area (Å²) >= 11 is 0. The van der Waals surface area contributed by atoms with Crippen molar-refractivity contribution in [3.8, 4) is 23.1 Å². The van der Waals surface area contributed by atoms with Crippen LogP contribution >= 0.6 is 12.4 Å². The van der Waals surface area contributed by atoms with Gasteiger partial charge in [0.1, 0.15) is 17.6 Å². The van der Waals surface area contributed by atoms with E-state index >= 15 is 0 Å². The molecule has 3 N–H and O–H groups in total. The van der Waals surface area contributed by atoms with Gasteiger partial charge in [0.15, 0.2) is 11.5 Å². The average Bonchev–Trinajstić information content (AvgIpc) is 3.67. The fourth-order valence-corrected chi connectivity index (χ4v) is 4.54. The first kappa shape index (κ1) is 26.4. The molecule has 1 amide bonds. The lowest BCUT2D eigenvalue weighted by Gasteiger charge is -2.32. The lowest BCUT2D eigenvalue weighted by Crippen LogP contribution is -2.41. The number of methoxy groups -OCH3 is 1. The van der Waals surface area contributed by atoms with Crippen molar-refractivity contribution in [3.63, 3.8) is 0 Å². The third-order valence-corrected chi connectivity index (χ3v) is 6.77. The molecule has 2 aliphatic rings. The topological polar surface area (TPSA) is 132 Å². The third kappa shape index (κ3) is 6.56. The summed E-state index contributed by atoms with van der Waals surface area (Å²) in [5, 5.41) is 22.8. The van der Waals surface area contributed by atoms with Crippen LogP contribution in [-0.2, 0) is 11.3 Å². The summed E-state index contributed by atoms with van der Waals surface area (Å²) < 4.78 is 5.66. The van der Waals surface area contributed by atoms with Crippen LogP contribution in [0.1, 0.15) is 36.9 Å². The zero-order valence-corrected chi connectivity index (χ0v) is 21.6. The zero-order chi connectivity index (χ0) is 24.9. The van der Waals surface area contributed by atoms with Crippen molar-refractivity contribution in [2.45, 2.75) is 32.2 Å². The van der Waals surface area contributed by atoms with Crippen molar-refractivity contribution in [1.82, 2.24) is 30.4 Å². The Hall–Kier alpha value is -3.68. The zero-order valence-electron chi connectivity index (χ0n) is 20.7. The molecule has 1 saturated carbocycles. The summed E-state index contributed by atoms with van der Waals surface area (Å²) in [5.41, 5.74) is 3.11. The molecule has 2 fully saturated rings. The Labute approximate surface area is 222 Å². The van der Waals surface area contributed by atoms with E-state index in [1.807, 2.05) is 24.3 Å². The van der Waals surface area contributed by atoms with Crippen molar-refractivity contribution in [2.24, 2.45) is 11.8 Å². The third-order valence-electron chi connectivity index (χ3n) is 6.77. The van der Waals surface area contributed by atoms with Gasteiger partial charge in [-0.1, -0.05) is 6.07 Å². The number of anilines is 2. The van der Waals surface area contributed by atoms with Gasteiger partial charge in [0.2, 0.25) is 5.91 Å². The summed E-state index contributed by atoms with van der Waals surface area (Å²) in [4.78, 5) is 22.5. The van der Waals surface area contributed by atoms with Crippen LogP contribution in [0.15, 0.2) is 36.7 Å². The highest BCUT2D eigenvalue weighted by Gasteiger charge is 2.34. The van der Waals surface area contributed by atoms with Gasteiger partial charge in [-0.25, -0.2) is 9.97 Å². The number of carbonyl (C=O) groups excluding carboxylic acids is 1. The molecule has 10 nitrogen and oxygen atoms in total. The minimum absolute atomic E-state index is 0. The van der Waals surface area contributed by atoms with Crippen molar-refractivity contribution in [3.05, 3.63) is 47.9 Å². The van der Waals surface area contributed by atoms with Crippen LogP contribution in [0.5, 0.6) is 5.75 Å². The molecule has 1 aliphatic heterocycles. The normalized spacial score (nSPS) is 15.5. The van der Waals surface area contributed by atoms with Crippen molar-refractivity contribution >= 4 is 29.9 Å². The molecular weight excluding hydrogens is 492 g/mol. The van der Waals surface area contributed by atoms with Crippen LogP contribution in [0.2, 0.25) is 0 Å². The number of nitrogens with one attached hydrogen (secondary N) is 3. The predicted octanol–water partition coefficient (Wildman–Crippen LogP) is 3.65. The second kappa shape index (κ2) is 12.0. The highest BCUT2D eigenvalue weighted by molar-refractivity contribution is 5.85. The smallest absolute Gasteiger partial charge is 0.225 e. The number of likely N-dealkylation sites (tertiary alicyclic amines) is 1. The van der Waals surface area contributed by atoms with Gasteiger partial charge in [-0.2, -0.15) is 10.4 Å². The summed E-state index contributed by atoms with van der Waals surface area (Å²) in [6.07, 6.45) is 7.19. The Morgan fingerprint density at radius 1 is 1.16 bits per heavy atom. The molecule has 0 spiro atoms. The lowest BCUT2D eigenvalue weighted by atomic mass is 9.96. The van der Waals surface area contributed by atoms with Crippen LogP contribution in [0, 0.1) is 23.2 Å². The van der Waals surface area contributed by atoms with Gasteiger partial charge in [0.25, 0.3) is 0 Å². The second-order valence-electron chi connectivity index (χ2n) is 9.40. The Balaban J connectivity index is 0.00000320. The van der Waals surface area contributed by atoms with E-state index in [0.29, 0.717) is 29.4 Å². The first-order chi connectivity index (χ1) is 17.6. The number of H-pyrrole nitrogens is 1. The molecule has 3 aromatic rings. The van der Waals surface area contributed by atoms with E-state index in [0.717, 1.165) is 74.4 Å². The molecule has 1 aliphatic carbocycles. The minimum Gasteiger partial charge on any atom is -0.496 e.